The molecule has 0 radical (unpaired) electrons. The lowest BCUT2D eigenvalue weighted by molar-refractivity contribution is -0.123. The van der Waals surface area contributed by atoms with Gasteiger partial charge < -0.3 is 10.1 Å². The van der Waals surface area contributed by atoms with Crippen molar-refractivity contribution < 1.29 is 18.7 Å². The Balaban J connectivity index is 1.69. The van der Waals surface area contributed by atoms with Crippen molar-refractivity contribution in [2.75, 3.05) is 13.2 Å². The van der Waals surface area contributed by atoms with Gasteiger partial charge in [0.25, 0.3) is 5.91 Å². The molecule has 0 heterocycles. The van der Waals surface area contributed by atoms with E-state index in [1.807, 2.05) is 0 Å². The minimum absolute atomic E-state index is 0.0934. The number of carbonyl (C=O) groups excluding carboxylic acids is 2. The Kier molecular flexibility index (Phi) is 5.65. The summed E-state index contributed by atoms with van der Waals surface area (Å²) in [5.74, 6) is 0.0163. The van der Waals surface area contributed by atoms with Crippen LogP contribution in [0.5, 0.6) is 5.75 Å². The number of halogens is 1. The molecule has 0 aromatic heterocycles. The van der Waals surface area contributed by atoms with E-state index in [0.717, 1.165) is 11.8 Å². The molecule has 0 unspecified atom stereocenters. The van der Waals surface area contributed by atoms with Crippen molar-refractivity contribution in [1.82, 2.24) is 5.32 Å². The molecule has 4 nitrogen and oxygen atoms in total. The summed E-state index contributed by atoms with van der Waals surface area (Å²) >= 11 is 0. The first-order valence-corrected chi connectivity index (χ1v) is 6.86. The lowest BCUT2D eigenvalue weighted by atomic mass is 10.1. The number of hydrogen-bond acceptors (Lipinski definition) is 3. The Morgan fingerprint density at radius 1 is 1.09 bits per heavy atom. The van der Waals surface area contributed by atoms with Gasteiger partial charge in [-0.3, -0.25) is 9.59 Å². The predicted molar refractivity (Wildman–Crippen MR) is 80.4 cm³/mol. The summed E-state index contributed by atoms with van der Waals surface area (Å²) in [6.45, 7) is 0.363. The minimum Gasteiger partial charge on any atom is -0.484 e. The van der Waals surface area contributed by atoms with E-state index >= 15 is 0 Å². The van der Waals surface area contributed by atoms with Crippen molar-refractivity contribution in [3.63, 3.8) is 0 Å². The van der Waals surface area contributed by atoms with E-state index in [9.17, 15) is 14.0 Å². The third kappa shape index (κ3) is 5.01. The fourth-order valence-corrected chi connectivity index (χ4v) is 1.84. The van der Waals surface area contributed by atoms with Crippen LogP contribution in [-0.2, 0) is 11.2 Å². The first kappa shape index (κ1) is 15.7. The summed E-state index contributed by atoms with van der Waals surface area (Å²) in [5.41, 5.74) is 1.50. The summed E-state index contributed by atoms with van der Waals surface area (Å²) in [4.78, 5) is 22.1. The molecule has 0 bridgehead atoms. The van der Waals surface area contributed by atoms with Crippen LogP contribution in [-0.4, -0.2) is 25.3 Å². The van der Waals surface area contributed by atoms with Gasteiger partial charge in [0.1, 0.15) is 17.9 Å². The molecule has 1 N–H and O–H groups in total. The first-order valence-electron chi connectivity index (χ1n) is 6.86. The van der Waals surface area contributed by atoms with Crippen LogP contribution >= 0.6 is 0 Å². The third-order valence-electron chi connectivity index (χ3n) is 3.04. The number of rotatable bonds is 7. The van der Waals surface area contributed by atoms with Gasteiger partial charge >= 0.3 is 0 Å². The van der Waals surface area contributed by atoms with Crippen molar-refractivity contribution in [2.45, 2.75) is 6.42 Å². The standard InChI is InChI=1S/C17H16FNO3/c18-15-5-1-13(2-6-15)9-10-19-17(21)12-22-16-7-3-14(11-20)4-8-16/h1-8,11H,9-10,12H2,(H,19,21). The molecule has 0 saturated heterocycles. The van der Waals surface area contributed by atoms with Gasteiger partial charge in [-0.25, -0.2) is 4.39 Å². The Morgan fingerprint density at radius 2 is 1.77 bits per heavy atom. The minimum atomic E-state index is -0.276. The SMILES string of the molecule is O=Cc1ccc(OCC(=O)NCCc2ccc(F)cc2)cc1. The van der Waals surface area contributed by atoms with Crippen LogP contribution < -0.4 is 10.1 Å². The average molecular weight is 301 g/mol. The van der Waals surface area contributed by atoms with E-state index in [1.54, 1.807) is 36.4 Å². The Hall–Kier alpha value is -2.69. The Morgan fingerprint density at radius 3 is 2.41 bits per heavy atom. The highest BCUT2D eigenvalue weighted by molar-refractivity contribution is 5.77. The molecule has 0 aliphatic rings. The number of hydrogen-bond donors (Lipinski definition) is 1. The molecule has 22 heavy (non-hydrogen) atoms. The van der Waals surface area contributed by atoms with Gasteiger partial charge in [0, 0.05) is 12.1 Å². The highest BCUT2D eigenvalue weighted by Crippen LogP contribution is 2.10. The molecule has 0 saturated carbocycles. The fraction of sp³-hybridized carbons (Fsp3) is 0.176. The smallest absolute Gasteiger partial charge is 0.257 e. The quantitative estimate of drug-likeness (QED) is 0.799. The largest absolute Gasteiger partial charge is 0.484 e. The zero-order valence-electron chi connectivity index (χ0n) is 11.9. The van der Waals surface area contributed by atoms with Gasteiger partial charge in [0.05, 0.1) is 0 Å². The van der Waals surface area contributed by atoms with Gasteiger partial charge in [-0.1, -0.05) is 12.1 Å². The van der Waals surface area contributed by atoms with E-state index in [-0.39, 0.29) is 18.3 Å². The molecule has 2 rings (SSSR count). The van der Waals surface area contributed by atoms with E-state index in [4.69, 9.17) is 4.74 Å². The van der Waals surface area contributed by atoms with Crippen molar-refractivity contribution in [1.29, 1.82) is 0 Å². The maximum atomic E-state index is 12.7. The first-order chi connectivity index (χ1) is 10.7. The highest BCUT2D eigenvalue weighted by atomic mass is 19.1. The van der Waals surface area contributed by atoms with Crippen molar-refractivity contribution in [3.05, 3.63) is 65.5 Å². The number of benzene rings is 2. The number of carbonyl (C=O) groups is 2. The summed E-state index contributed by atoms with van der Waals surface area (Å²) in [5, 5.41) is 2.72. The fourth-order valence-electron chi connectivity index (χ4n) is 1.84. The second kappa shape index (κ2) is 7.93. The molecule has 0 spiro atoms. The van der Waals surface area contributed by atoms with E-state index in [1.165, 1.54) is 12.1 Å². The Bertz CT molecular complexity index is 623. The van der Waals surface area contributed by atoms with E-state index < -0.39 is 0 Å². The molecule has 0 fully saturated rings. The van der Waals surface area contributed by atoms with Crippen LogP contribution in [0.15, 0.2) is 48.5 Å². The summed E-state index contributed by atoms with van der Waals surface area (Å²) in [6.07, 6.45) is 1.37. The van der Waals surface area contributed by atoms with Crippen LogP contribution in [0.3, 0.4) is 0 Å². The molecule has 2 aromatic rings. The van der Waals surface area contributed by atoms with Crippen LogP contribution in [0.1, 0.15) is 15.9 Å². The zero-order valence-corrected chi connectivity index (χ0v) is 11.9. The molecular formula is C17H16FNO3. The van der Waals surface area contributed by atoms with Crippen molar-refractivity contribution in [3.8, 4) is 5.75 Å². The van der Waals surface area contributed by atoms with Gasteiger partial charge in [0.15, 0.2) is 6.61 Å². The van der Waals surface area contributed by atoms with Crippen molar-refractivity contribution in [2.24, 2.45) is 0 Å². The predicted octanol–water partition coefficient (Wildman–Crippen LogP) is 2.38. The summed E-state index contributed by atoms with van der Waals surface area (Å²) in [6, 6.07) is 12.7. The second-order valence-electron chi connectivity index (χ2n) is 4.70. The van der Waals surface area contributed by atoms with Crippen LogP contribution in [0.25, 0.3) is 0 Å². The maximum absolute atomic E-state index is 12.7. The summed E-state index contributed by atoms with van der Waals surface area (Å²) in [7, 11) is 0. The molecule has 0 atom stereocenters. The second-order valence-corrected chi connectivity index (χ2v) is 4.70. The van der Waals surface area contributed by atoms with Gasteiger partial charge in [-0.2, -0.15) is 0 Å². The van der Waals surface area contributed by atoms with Crippen LogP contribution in [0.4, 0.5) is 4.39 Å². The van der Waals surface area contributed by atoms with Crippen LogP contribution in [0, 0.1) is 5.82 Å². The molecule has 0 aliphatic heterocycles. The van der Waals surface area contributed by atoms with Gasteiger partial charge in [-0.15, -0.1) is 0 Å². The molecule has 2 aromatic carbocycles. The third-order valence-corrected chi connectivity index (χ3v) is 3.04. The molecule has 1 amide bonds. The normalized spacial score (nSPS) is 10.0. The lowest BCUT2D eigenvalue weighted by Crippen LogP contribution is -2.30. The van der Waals surface area contributed by atoms with E-state index in [2.05, 4.69) is 5.32 Å². The zero-order chi connectivity index (χ0) is 15.8. The molecule has 114 valence electrons. The topological polar surface area (TPSA) is 55.4 Å². The number of ether oxygens (including phenoxy) is 1. The van der Waals surface area contributed by atoms with E-state index in [0.29, 0.717) is 24.3 Å². The molecule has 0 aliphatic carbocycles. The van der Waals surface area contributed by atoms with Gasteiger partial charge in [-0.05, 0) is 48.4 Å². The number of amides is 1. The van der Waals surface area contributed by atoms with Crippen molar-refractivity contribution >= 4 is 12.2 Å². The molecular weight excluding hydrogens is 285 g/mol. The maximum Gasteiger partial charge on any atom is 0.257 e. The Labute approximate surface area is 127 Å². The monoisotopic (exact) mass is 301 g/mol. The average Bonchev–Trinajstić information content (AvgIpc) is 2.55. The highest BCUT2D eigenvalue weighted by Gasteiger charge is 2.03. The lowest BCUT2D eigenvalue weighted by Gasteiger charge is -2.07. The number of aldehydes is 1. The van der Waals surface area contributed by atoms with Gasteiger partial charge in [0.2, 0.25) is 0 Å². The summed E-state index contributed by atoms with van der Waals surface area (Å²) < 4.78 is 18.0. The number of nitrogens with one attached hydrogen (secondary N) is 1. The van der Waals surface area contributed by atoms with Crippen LogP contribution in [0.2, 0.25) is 0 Å². The molecule has 5 heteroatoms.